The highest BCUT2D eigenvalue weighted by Crippen LogP contribution is 2.28. The second-order valence-electron chi connectivity index (χ2n) is 6.21. The fraction of sp³-hybridized carbons (Fsp3) is 0.375. The van der Waals surface area contributed by atoms with Crippen molar-refractivity contribution in [1.82, 2.24) is 24.4 Å². The molecule has 3 aromatic heterocycles. The van der Waals surface area contributed by atoms with E-state index >= 15 is 0 Å². The van der Waals surface area contributed by atoms with Gasteiger partial charge < -0.3 is 4.98 Å². The van der Waals surface area contributed by atoms with E-state index in [1.165, 1.54) is 10.9 Å². The van der Waals surface area contributed by atoms with E-state index in [4.69, 9.17) is 0 Å². The second kappa shape index (κ2) is 5.60. The summed E-state index contributed by atoms with van der Waals surface area (Å²) in [6.45, 7) is 7.46. The summed E-state index contributed by atoms with van der Waals surface area (Å²) in [4.78, 5) is 15.8. The maximum atomic E-state index is 14.4. The number of fused-ring (bicyclic) bond motifs is 1. The lowest BCUT2D eigenvalue weighted by Crippen LogP contribution is -2.22. The molecule has 0 atom stereocenters. The Bertz CT molecular complexity index is 1020. The van der Waals surface area contributed by atoms with Crippen LogP contribution in [-0.2, 0) is 0 Å². The lowest BCUT2D eigenvalue weighted by Gasteiger charge is -2.11. The number of hydrogen-bond acceptors (Lipinski definition) is 4. The molecule has 0 radical (unpaired) electrons. The summed E-state index contributed by atoms with van der Waals surface area (Å²) in [6.07, 6.45) is 2.88. The van der Waals surface area contributed by atoms with Crippen molar-refractivity contribution in [1.29, 1.82) is 5.26 Å². The van der Waals surface area contributed by atoms with E-state index in [2.05, 4.69) is 15.2 Å². The molecule has 0 fully saturated rings. The Balaban J connectivity index is 2.40. The number of rotatable bonds is 3. The van der Waals surface area contributed by atoms with Crippen LogP contribution in [0, 0.1) is 17.3 Å². The van der Waals surface area contributed by atoms with Crippen LogP contribution in [0.1, 0.15) is 50.8 Å². The molecule has 0 saturated carbocycles. The van der Waals surface area contributed by atoms with Gasteiger partial charge >= 0.3 is 0 Å². The van der Waals surface area contributed by atoms with Gasteiger partial charge in [0.15, 0.2) is 5.65 Å². The molecule has 1 N–H and O–H groups in total. The summed E-state index contributed by atoms with van der Waals surface area (Å²) in [5.74, 6) is -0.826. The van der Waals surface area contributed by atoms with Crippen LogP contribution in [0.3, 0.4) is 0 Å². The fourth-order valence-electron chi connectivity index (χ4n) is 2.66. The summed E-state index contributed by atoms with van der Waals surface area (Å²) in [5, 5.41) is 17.0. The van der Waals surface area contributed by atoms with Crippen LogP contribution in [0.25, 0.3) is 16.9 Å². The van der Waals surface area contributed by atoms with Gasteiger partial charge in [0, 0.05) is 17.8 Å². The fourth-order valence-corrected chi connectivity index (χ4v) is 2.66. The predicted octanol–water partition coefficient (Wildman–Crippen LogP) is 2.60. The normalized spacial score (nSPS) is 11.6. The van der Waals surface area contributed by atoms with Crippen LogP contribution < -0.4 is 5.56 Å². The maximum Gasteiger partial charge on any atom is 0.278 e. The van der Waals surface area contributed by atoms with Gasteiger partial charge in [-0.25, -0.2) is 0 Å². The minimum absolute atomic E-state index is 0.0177. The minimum Gasteiger partial charge on any atom is -0.338 e. The molecule has 0 aliphatic heterocycles. The van der Waals surface area contributed by atoms with E-state index < -0.39 is 5.95 Å². The number of H-pyrrole nitrogens is 1. The molecule has 0 aromatic carbocycles. The Morgan fingerprint density at radius 3 is 2.58 bits per heavy atom. The summed E-state index contributed by atoms with van der Waals surface area (Å²) in [5.41, 5.74) is 1.05. The van der Waals surface area contributed by atoms with Crippen LogP contribution in [0.15, 0.2) is 17.2 Å². The van der Waals surface area contributed by atoms with Crippen LogP contribution in [0.2, 0.25) is 0 Å². The molecule has 3 rings (SSSR count). The zero-order chi connectivity index (χ0) is 17.6. The van der Waals surface area contributed by atoms with Crippen molar-refractivity contribution in [3.8, 4) is 17.3 Å². The highest BCUT2D eigenvalue weighted by atomic mass is 19.1. The van der Waals surface area contributed by atoms with Crippen LogP contribution >= 0.6 is 0 Å². The van der Waals surface area contributed by atoms with Gasteiger partial charge in [-0.15, -0.1) is 5.10 Å². The second-order valence-corrected chi connectivity index (χ2v) is 6.21. The van der Waals surface area contributed by atoms with Crippen molar-refractivity contribution in [3.05, 3.63) is 39.8 Å². The third kappa shape index (κ3) is 2.29. The molecule has 0 spiro atoms. The van der Waals surface area contributed by atoms with E-state index in [0.717, 1.165) is 4.52 Å². The molecule has 8 heteroatoms. The lowest BCUT2D eigenvalue weighted by molar-refractivity contribution is 0.482. The average Bonchev–Trinajstić information content (AvgIpc) is 3.10. The SMILES string of the molecule is CC(C)c1c(-c2cn(C(C)C)nc2F)[nH]c2c(C#N)cnn2c1=O. The third-order valence-corrected chi connectivity index (χ3v) is 3.89. The first-order chi connectivity index (χ1) is 11.3. The molecular formula is C16H17FN6O. The Hall–Kier alpha value is -2.95. The van der Waals surface area contributed by atoms with E-state index in [1.807, 2.05) is 33.8 Å². The molecule has 0 amide bonds. The Morgan fingerprint density at radius 2 is 2.04 bits per heavy atom. The first-order valence-electron chi connectivity index (χ1n) is 7.64. The van der Waals surface area contributed by atoms with Crippen molar-refractivity contribution >= 4 is 5.65 Å². The number of nitrogens with one attached hydrogen (secondary N) is 1. The summed E-state index contributed by atoms with van der Waals surface area (Å²) in [6, 6.07) is 1.96. The molecule has 0 aliphatic rings. The highest BCUT2D eigenvalue weighted by Gasteiger charge is 2.23. The third-order valence-electron chi connectivity index (χ3n) is 3.89. The van der Waals surface area contributed by atoms with Gasteiger partial charge in [-0.3, -0.25) is 9.48 Å². The van der Waals surface area contributed by atoms with Crippen molar-refractivity contribution in [2.75, 3.05) is 0 Å². The lowest BCUT2D eigenvalue weighted by atomic mass is 10.00. The average molecular weight is 328 g/mol. The van der Waals surface area contributed by atoms with Gasteiger partial charge in [0.05, 0.1) is 17.5 Å². The minimum atomic E-state index is -0.663. The van der Waals surface area contributed by atoms with Crippen molar-refractivity contribution in [2.45, 2.75) is 39.7 Å². The van der Waals surface area contributed by atoms with Gasteiger partial charge in [0.25, 0.3) is 5.56 Å². The zero-order valence-corrected chi connectivity index (χ0v) is 13.8. The van der Waals surface area contributed by atoms with Crippen molar-refractivity contribution in [3.63, 3.8) is 0 Å². The Kier molecular flexibility index (Phi) is 3.72. The van der Waals surface area contributed by atoms with E-state index in [9.17, 15) is 14.4 Å². The van der Waals surface area contributed by atoms with Crippen molar-refractivity contribution < 1.29 is 4.39 Å². The largest absolute Gasteiger partial charge is 0.338 e. The van der Waals surface area contributed by atoms with E-state index in [-0.39, 0.29) is 34.3 Å². The molecule has 3 aromatic rings. The number of nitrogens with zero attached hydrogens (tertiary/aromatic N) is 5. The smallest absolute Gasteiger partial charge is 0.278 e. The summed E-state index contributed by atoms with van der Waals surface area (Å²) in [7, 11) is 0. The molecule has 0 aliphatic carbocycles. The summed E-state index contributed by atoms with van der Waals surface area (Å²) >= 11 is 0. The van der Waals surface area contributed by atoms with Gasteiger partial charge in [-0.2, -0.15) is 19.3 Å². The molecule has 0 bridgehead atoms. The first-order valence-corrected chi connectivity index (χ1v) is 7.64. The number of nitriles is 1. The monoisotopic (exact) mass is 328 g/mol. The van der Waals surface area contributed by atoms with E-state index in [1.54, 1.807) is 6.20 Å². The number of aromatic amines is 1. The van der Waals surface area contributed by atoms with Gasteiger partial charge in [0.1, 0.15) is 11.6 Å². The van der Waals surface area contributed by atoms with Gasteiger partial charge in [-0.05, 0) is 19.8 Å². The predicted molar refractivity (Wildman–Crippen MR) is 86.2 cm³/mol. The quantitative estimate of drug-likeness (QED) is 0.800. The maximum absolute atomic E-state index is 14.4. The number of aromatic nitrogens is 5. The molecule has 0 saturated heterocycles. The van der Waals surface area contributed by atoms with Gasteiger partial charge in [-0.1, -0.05) is 13.8 Å². The number of hydrogen-bond donors (Lipinski definition) is 1. The van der Waals surface area contributed by atoms with Crippen molar-refractivity contribution in [2.24, 2.45) is 0 Å². The first kappa shape index (κ1) is 15.9. The topological polar surface area (TPSA) is 91.8 Å². The number of halogens is 1. The highest BCUT2D eigenvalue weighted by molar-refractivity contribution is 5.67. The van der Waals surface area contributed by atoms with Crippen LogP contribution in [-0.4, -0.2) is 24.4 Å². The van der Waals surface area contributed by atoms with E-state index in [0.29, 0.717) is 11.3 Å². The zero-order valence-electron chi connectivity index (χ0n) is 13.8. The van der Waals surface area contributed by atoms with Gasteiger partial charge in [0.2, 0.25) is 5.95 Å². The molecule has 0 unspecified atom stereocenters. The molecule has 3 heterocycles. The Labute approximate surface area is 137 Å². The Morgan fingerprint density at radius 1 is 1.33 bits per heavy atom. The molecular weight excluding hydrogens is 311 g/mol. The molecule has 7 nitrogen and oxygen atoms in total. The van der Waals surface area contributed by atoms with Crippen LogP contribution in [0.4, 0.5) is 4.39 Å². The summed E-state index contributed by atoms with van der Waals surface area (Å²) < 4.78 is 17.0. The molecule has 124 valence electrons. The van der Waals surface area contributed by atoms with Crippen LogP contribution in [0.5, 0.6) is 0 Å². The standard InChI is InChI=1S/C16H17FN6O/c1-8(2)12-13(11-7-22(9(3)4)21-14(11)17)20-15-10(5-18)6-19-23(15)16(12)24/h6-9,20H,1-4H3. The molecule has 24 heavy (non-hydrogen) atoms.